The highest BCUT2D eigenvalue weighted by Crippen LogP contribution is 2.29. The summed E-state index contributed by atoms with van der Waals surface area (Å²) in [7, 11) is 5.80. The maximum Gasteiger partial charge on any atom is 0.0811 e. The Morgan fingerprint density at radius 1 is 0.781 bits per heavy atom. The number of hydrogen-bond donors (Lipinski definition) is 5. The first-order valence-corrected chi connectivity index (χ1v) is 31.0. The Kier molecular flexibility index (Phi) is 43.1. The second-order valence-electron chi connectivity index (χ2n) is 20.5. The third-order valence-electron chi connectivity index (χ3n) is 13.1. The largest absolute Gasteiger partial charge is 0.388 e. The van der Waals surface area contributed by atoms with E-state index in [1.54, 1.807) is 10.8 Å². The molecule has 0 aliphatic carbocycles. The number of aryl methyl sites for hydroxylation is 1. The van der Waals surface area contributed by atoms with E-state index in [1.807, 2.05) is 31.6 Å². The molecule has 6 unspecified atom stereocenters. The van der Waals surface area contributed by atoms with E-state index in [2.05, 4.69) is 184 Å². The van der Waals surface area contributed by atoms with Gasteiger partial charge >= 0.3 is 0 Å². The van der Waals surface area contributed by atoms with E-state index >= 15 is 0 Å². The molecule has 0 radical (unpaired) electrons. The van der Waals surface area contributed by atoms with Gasteiger partial charge in [0.15, 0.2) is 0 Å². The molecule has 1 rings (SSSR count). The van der Waals surface area contributed by atoms with Gasteiger partial charge in [-0.15, -0.1) is 6.58 Å². The zero-order chi connectivity index (χ0) is 55.9. The number of nitrogens with zero attached hydrogens (tertiary/aromatic N) is 3. The van der Waals surface area contributed by atoms with Crippen molar-refractivity contribution in [1.82, 2.24) is 31.1 Å². The number of nitrogens with two attached hydrogens (primary N) is 1. The van der Waals surface area contributed by atoms with Crippen molar-refractivity contribution in [3.8, 4) is 0 Å². The lowest BCUT2D eigenvalue weighted by Crippen LogP contribution is -2.46. The Hall–Kier alpha value is -3.31. The Balaban J connectivity index is 0. The summed E-state index contributed by atoms with van der Waals surface area (Å²) in [6.07, 6.45) is 15.3. The van der Waals surface area contributed by atoms with Gasteiger partial charge in [0.2, 0.25) is 0 Å². The van der Waals surface area contributed by atoms with E-state index in [0.29, 0.717) is 17.9 Å². The van der Waals surface area contributed by atoms with E-state index in [-0.39, 0.29) is 24.0 Å². The number of hydrogen-bond acceptors (Lipinski definition) is 10. The van der Waals surface area contributed by atoms with Crippen molar-refractivity contribution < 1.29 is 0 Å². The van der Waals surface area contributed by atoms with Crippen LogP contribution < -0.4 is 27.0 Å². The van der Waals surface area contributed by atoms with Gasteiger partial charge in [0.25, 0.3) is 0 Å². The zero-order valence-electron chi connectivity index (χ0n) is 50.3. The SMILES string of the molecule is C=C(C)CCNC(=C)C(N)CSSCCNC(=C)C(C)CC(Cc1ccc(C)cc1)NC(=C)/C(=C/C)N=C(C)C(CCCC)CC(C(C)C)N(CCC)C(=C)C(C)NC(=C)CN(C)CCCC.CC.CCCC. The van der Waals surface area contributed by atoms with Crippen LogP contribution in [-0.2, 0) is 6.42 Å². The molecule has 0 saturated heterocycles. The number of nitrogens with one attached hydrogen (secondary N) is 4. The summed E-state index contributed by atoms with van der Waals surface area (Å²) in [5.74, 6) is 2.77. The Bertz CT molecular complexity index is 1730. The number of unbranched alkanes of at least 4 members (excludes halogenated alkanes) is 3. The van der Waals surface area contributed by atoms with Crippen LogP contribution in [0.5, 0.6) is 0 Å². The molecule has 0 aliphatic rings. The molecule has 6 atom stereocenters. The number of allylic oxidation sites excluding steroid dienone is 2. The smallest absolute Gasteiger partial charge is 0.0811 e. The predicted molar refractivity (Wildman–Crippen MR) is 337 cm³/mol. The molecule has 0 saturated carbocycles. The fourth-order valence-corrected chi connectivity index (χ4v) is 10.3. The third kappa shape index (κ3) is 33.4. The summed E-state index contributed by atoms with van der Waals surface area (Å²) < 4.78 is 0. The van der Waals surface area contributed by atoms with Crippen molar-refractivity contribution in [2.24, 2.45) is 28.5 Å². The lowest BCUT2D eigenvalue weighted by Gasteiger charge is -2.41. The average Bonchev–Trinajstić information content (AvgIpc) is 3.35. The summed E-state index contributed by atoms with van der Waals surface area (Å²) in [5.41, 5.74) is 17.2. The minimum Gasteiger partial charge on any atom is -0.388 e. The molecule has 0 aromatic heterocycles. The standard InChI is InChI=1S/C57H100N8S2.C4H10.C2H6/c1-19-23-25-53(38-57(42(7)8)65(33-21-3)51(17)47(13)61-45(11)39-64(18)34-24-20-2)48(14)63-56(22-4)50(16)62-54(37-52-28-26-43(9)27-29-52)36-44(10)46(12)60-32-35-66-67-40-55(58)49(15)59-31-30-41(5)6;1-3-4-2;1-2/h22,26-29,42,44,47,53-55,57,59-62H,5,11-12,15-17,19-21,23-25,30-40,58H2,1-4,6-10,13-14,18H3;3-4H2,1-2H3;1-2H3/b56-22-,63-48?;;. The number of aliphatic imine (C=N–C) groups is 1. The van der Waals surface area contributed by atoms with Crippen molar-refractivity contribution in [3.05, 3.63) is 121 Å². The maximum atomic E-state index is 6.37. The Labute approximate surface area is 461 Å². The molecule has 0 bridgehead atoms. The average molecular weight is 1050 g/mol. The first-order chi connectivity index (χ1) is 34.7. The monoisotopic (exact) mass is 1050 g/mol. The summed E-state index contributed by atoms with van der Waals surface area (Å²) in [6, 6.07) is 9.36. The van der Waals surface area contributed by atoms with Gasteiger partial charge in [0.1, 0.15) is 0 Å². The highest BCUT2D eigenvalue weighted by Gasteiger charge is 2.29. The highest BCUT2D eigenvalue weighted by molar-refractivity contribution is 8.76. The molecule has 420 valence electrons. The molecule has 73 heavy (non-hydrogen) atoms. The van der Waals surface area contributed by atoms with Gasteiger partial charge in [0.05, 0.1) is 23.5 Å². The predicted octanol–water partition coefficient (Wildman–Crippen LogP) is 15.8. The first-order valence-electron chi connectivity index (χ1n) is 28.5. The summed E-state index contributed by atoms with van der Waals surface area (Å²) in [6.45, 7) is 63.8. The zero-order valence-corrected chi connectivity index (χ0v) is 52.0. The normalized spacial score (nSPS) is 14.0. The third-order valence-corrected chi connectivity index (χ3v) is 15.6. The molecule has 0 amide bonds. The summed E-state index contributed by atoms with van der Waals surface area (Å²) in [5, 5.41) is 14.6. The molecule has 1 aromatic carbocycles. The maximum absolute atomic E-state index is 6.37. The lowest BCUT2D eigenvalue weighted by atomic mass is 9.85. The second-order valence-corrected chi connectivity index (χ2v) is 23.2. The molecule has 0 aliphatic heterocycles. The first kappa shape index (κ1) is 71.8. The van der Waals surface area contributed by atoms with Gasteiger partial charge in [-0.2, -0.15) is 0 Å². The number of benzene rings is 1. The molecule has 10 heteroatoms. The van der Waals surface area contributed by atoms with E-state index in [9.17, 15) is 0 Å². The van der Waals surface area contributed by atoms with Crippen molar-refractivity contribution in [2.45, 2.75) is 205 Å². The van der Waals surface area contributed by atoms with Gasteiger partial charge in [-0.1, -0.05) is 197 Å². The van der Waals surface area contributed by atoms with Crippen molar-refractivity contribution in [3.63, 3.8) is 0 Å². The molecular formula is C63H116N8S2. The van der Waals surface area contributed by atoms with Gasteiger partial charge in [-0.25, -0.2) is 0 Å². The topological polar surface area (TPSA) is 93.0 Å². The summed E-state index contributed by atoms with van der Waals surface area (Å²) in [4.78, 5) is 10.4. The Morgan fingerprint density at radius 2 is 1.40 bits per heavy atom. The minimum absolute atomic E-state index is 0.0840. The minimum atomic E-state index is -0.0840. The molecule has 1 aromatic rings. The second kappa shape index (κ2) is 43.9. The van der Waals surface area contributed by atoms with Gasteiger partial charge in [-0.05, 0) is 116 Å². The van der Waals surface area contributed by atoms with Crippen LogP contribution in [0.3, 0.4) is 0 Å². The van der Waals surface area contributed by atoms with Crippen LogP contribution in [0.2, 0.25) is 0 Å². The van der Waals surface area contributed by atoms with Gasteiger partial charge in [0, 0.05) is 78.3 Å². The van der Waals surface area contributed by atoms with Gasteiger partial charge < -0.3 is 36.8 Å². The number of likely N-dealkylation sites (N-methyl/N-ethyl adjacent to an activating group) is 1. The molecule has 6 N–H and O–H groups in total. The van der Waals surface area contributed by atoms with Crippen LogP contribution in [0.15, 0.2) is 115 Å². The van der Waals surface area contributed by atoms with Crippen LogP contribution in [0, 0.1) is 24.7 Å². The summed E-state index contributed by atoms with van der Waals surface area (Å²) >= 11 is 0. The van der Waals surface area contributed by atoms with Gasteiger partial charge in [-0.3, -0.25) is 4.99 Å². The highest BCUT2D eigenvalue weighted by atomic mass is 33.1. The van der Waals surface area contributed by atoms with Crippen LogP contribution in [0.25, 0.3) is 0 Å². The van der Waals surface area contributed by atoms with E-state index in [4.69, 9.17) is 17.3 Å². The van der Waals surface area contributed by atoms with E-state index in [0.717, 1.165) is 135 Å². The quantitative estimate of drug-likeness (QED) is 0.0145. The van der Waals surface area contributed by atoms with E-state index < -0.39 is 0 Å². The molecule has 0 heterocycles. The fourth-order valence-electron chi connectivity index (χ4n) is 8.23. The fraction of sp³-hybridized carbons (Fsp3) is 0.667. The lowest BCUT2D eigenvalue weighted by molar-refractivity contribution is 0.166. The molecule has 0 spiro atoms. The van der Waals surface area contributed by atoms with Crippen molar-refractivity contribution in [2.75, 3.05) is 51.3 Å². The Morgan fingerprint density at radius 3 is 1.95 bits per heavy atom. The molecular weight excluding hydrogens is 933 g/mol. The molecule has 8 nitrogen and oxygen atoms in total. The van der Waals surface area contributed by atoms with Crippen LogP contribution in [-0.4, -0.2) is 91.0 Å². The van der Waals surface area contributed by atoms with Crippen LogP contribution >= 0.6 is 21.6 Å². The van der Waals surface area contributed by atoms with Crippen molar-refractivity contribution in [1.29, 1.82) is 0 Å². The van der Waals surface area contributed by atoms with E-state index in [1.165, 1.54) is 42.5 Å². The van der Waals surface area contributed by atoms with Crippen LogP contribution in [0.1, 0.15) is 179 Å². The number of rotatable bonds is 41. The van der Waals surface area contributed by atoms with Crippen molar-refractivity contribution >= 4 is 27.3 Å². The molecule has 0 fully saturated rings. The van der Waals surface area contributed by atoms with Crippen LogP contribution in [0.4, 0.5) is 0 Å².